The van der Waals surface area contributed by atoms with Crippen molar-refractivity contribution >= 4 is 17.6 Å². The quantitative estimate of drug-likeness (QED) is 0.693. The van der Waals surface area contributed by atoms with E-state index in [0.29, 0.717) is 5.56 Å². The Kier molecular flexibility index (Phi) is 3.80. The van der Waals surface area contributed by atoms with Crippen LogP contribution < -0.4 is 5.32 Å². The predicted molar refractivity (Wildman–Crippen MR) is 75.9 cm³/mol. The summed E-state index contributed by atoms with van der Waals surface area (Å²) in [6.45, 7) is 1.65. The largest absolute Gasteiger partial charge is 0.507 e. The number of nitrogens with one attached hydrogen (secondary N) is 1. The SMILES string of the molecule is Cc1cccc(C(=O)O)c1NC(=O)c1c(O)cccc1O. The van der Waals surface area contributed by atoms with Gasteiger partial charge >= 0.3 is 5.97 Å². The summed E-state index contributed by atoms with van der Waals surface area (Å²) in [5.41, 5.74) is 0.297. The highest BCUT2D eigenvalue weighted by molar-refractivity contribution is 6.11. The second kappa shape index (κ2) is 5.54. The average molecular weight is 287 g/mol. The molecule has 0 radical (unpaired) electrons. The van der Waals surface area contributed by atoms with Gasteiger partial charge in [-0.15, -0.1) is 0 Å². The predicted octanol–water partition coefficient (Wildman–Crippen LogP) is 2.36. The van der Waals surface area contributed by atoms with Crippen LogP contribution in [-0.4, -0.2) is 27.2 Å². The number of amides is 1. The molecule has 0 fully saturated rings. The zero-order valence-electron chi connectivity index (χ0n) is 11.1. The fourth-order valence-electron chi connectivity index (χ4n) is 1.95. The molecule has 0 aliphatic heterocycles. The lowest BCUT2D eigenvalue weighted by atomic mass is 10.1. The number of anilines is 1. The van der Waals surface area contributed by atoms with Crippen molar-refractivity contribution < 1.29 is 24.9 Å². The minimum absolute atomic E-state index is 0.0711. The number of carbonyl (C=O) groups excluding carboxylic acids is 1. The van der Waals surface area contributed by atoms with Crippen molar-refractivity contribution in [1.29, 1.82) is 0 Å². The van der Waals surface area contributed by atoms with Crippen molar-refractivity contribution in [3.63, 3.8) is 0 Å². The molecule has 6 heteroatoms. The second-order valence-corrected chi connectivity index (χ2v) is 4.43. The molecule has 0 saturated heterocycles. The molecule has 108 valence electrons. The number of para-hydroxylation sites is 1. The van der Waals surface area contributed by atoms with Gasteiger partial charge in [0, 0.05) is 0 Å². The summed E-state index contributed by atoms with van der Waals surface area (Å²) in [6.07, 6.45) is 0. The number of hydrogen-bond acceptors (Lipinski definition) is 4. The molecule has 1 amide bonds. The molecule has 0 heterocycles. The van der Waals surface area contributed by atoms with Gasteiger partial charge in [0.2, 0.25) is 0 Å². The molecule has 2 aromatic rings. The lowest BCUT2D eigenvalue weighted by molar-refractivity contribution is 0.0698. The van der Waals surface area contributed by atoms with E-state index in [0.717, 1.165) is 0 Å². The number of benzene rings is 2. The average Bonchev–Trinajstić information content (AvgIpc) is 2.40. The van der Waals surface area contributed by atoms with Gasteiger partial charge in [-0.3, -0.25) is 4.79 Å². The van der Waals surface area contributed by atoms with Crippen LogP contribution in [0.5, 0.6) is 11.5 Å². The Morgan fingerprint density at radius 3 is 2.14 bits per heavy atom. The first-order chi connectivity index (χ1) is 9.91. The normalized spacial score (nSPS) is 10.1. The molecular weight excluding hydrogens is 274 g/mol. The van der Waals surface area contributed by atoms with E-state index in [-0.39, 0.29) is 16.8 Å². The smallest absolute Gasteiger partial charge is 0.337 e. The van der Waals surface area contributed by atoms with Crippen molar-refractivity contribution in [3.8, 4) is 11.5 Å². The molecule has 2 rings (SSSR count). The molecule has 6 nitrogen and oxygen atoms in total. The molecule has 0 atom stereocenters. The number of hydrogen-bond donors (Lipinski definition) is 4. The van der Waals surface area contributed by atoms with Crippen LogP contribution in [0.2, 0.25) is 0 Å². The molecule has 0 aliphatic carbocycles. The van der Waals surface area contributed by atoms with E-state index >= 15 is 0 Å². The number of phenols is 2. The third-order valence-electron chi connectivity index (χ3n) is 2.99. The van der Waals surface area contributed by atoms with Gasteiger partial charge in [0.15, 0.2) is 0 Å². The van der Waals surface area contributed by atoms with Crippen molar-refractivity contribution in [3.05, 3.63) is 53.1 Å². The van der Waals surface area contributed by atoms with Crippen LogP contribution in [0.25, 0.3) is 0 Å². The van der Waals surface area contributed by atoms with Crippen molar-refractivity contribution in [2.75, 3.05) is 5.32 Å². The van der Waals surface area contributed by atoms with Crippen LogP contribution in [0.15, 0.2) is 36.4 Å². The molecule has 0 aromatic heterocycles. The van der Waals surface area contributed by atoms with Crippen LogP contribution in [0, 0.1) is 6.92 Å². The second-order valence-electron chi connectivity index (χ2n) is 4.43. The fraction of sp³-hybridized carbons (Fsp3) is 0.0667. The summed E-state index contributed by atoms with van der Waals surface area (Å²) < 4.78 is 0. The van der Waals surface area contributed by atoms with Crippen LogP contribution in [0.3, 0.4) is 0 Å². The van der Waals surface area contributed by atoms with Gasteiger partial charge in [-0.05, 0) is 30.7 Å². The van der Waals surface area contributed by atoms with Crippen molar-refractivity contribution in [1.82, 2.24) is 0 Å². The van der Waals surface area contributed by atoms with Gasteiger partial charge in [0.05, 0.1) is 11.3 Å². The van der Waals surface area contributed by atoms with E-state index in [9.17, 15) is 19.8 Å². The molecule has 21 heavy (non-hydrogen) atoms. The van der Waals surface area contributed by atoms with Gasteiger partial charge < -0.3 is 20.6 Å². The van der Waals surface area contributed by atoms with Crippen LogP contribution >= 0.6 is 0 Å². The van der Waals surface area contributed by atoms with E-state index in [2.05, 4.69) is 5.32 Å². The molecule has 0 unspecified atom stereocenters. The Morgan fingerprint density at radius 1 is 1.00 bits per heavy atom. The third kappa shape index (κ3) is 2.79. The third-order valence-corrected chi connectivity index (χ3v) is 2.99. The summed E-state index contributed by atoms with van der Waals surface area (Å²) in [4.78, 5) is 23.3. The van der Waals surface area contributed by atoms with Crippen LogP contribution in [0.1, 0.15) is 26.3 Å². The number of carbonyl (C=O) groups is 2. The number of phenolic OH excluding ortho intramolecular Hbond substituents is 2. The van der Waals surface area contributed by atoms with Gasteiger partial charge in [-0.25, -0.2) is 4.79 Å². The van der Waals surface area contributed by atoms with E-state index in [1.807, 2.05) is 0 Å². The van der Waals surface area contributed by atoms with Gasteiger partial charge in [0.1, 0.15) is 17.1 Å². The van der Waals surface area contributed by atoms with Crippen molar-refractivity contribution in [2.45, 2.75) is 6.92 Å². The first-order valence-electron chi connectivity index (χ1n) is 6.07. The summed E-state index contributed by atoms with van der Waals surface area (Å²) in [7, 11) is 0. The lowest BCUT2D eigenvalue weighted by Crippen LogP contribution is -2.16. The zero-order chi connectivity index (χ0) is 15.6. The number of carboxylic acid groups (broad SMARTS) is 1. The first kappa shape index (κ1) is 14.4. The summed E-state index contributed by atoms with van der Waals surface area (Å²) in [6, 6.07) is 8.46. The Hall–Kier alpha value is -3.02. The minimum Gasteiger partial charge on any atom is -0.507 e. The molecule has 2 aromatic carbocycles. The van der Waals surface area contributed by atoms with E-state index in [4.69, 9.17) is 5.11 Å². The fourth-order valence-corrected chi connectivity index (χ4v) is 1.95. The molecule has 0 bridgehead atoms. The van der Waals surface area contributed by atoms with Gasteiger partial charge in [-0.2, -0.15) is 0 Å². The topological polar surface area (TPSA) is 107 Å². The number of aryl methyl sites for hydroxylation is 1. The Morgan fingerprint density at radius 2 is 1.57 bits per heavy atom. The number of rotatable bonds is 3. The number of aromatic carboxylic acids is 1. The maximum atomic E-state index is 12.2. The highest BCUT2D eigenvalue weighted by atomic mass is 16.4. The Bertz CT molecular complexity index is 704. The maximum Gasteiger partial charge on any atom is 0.337 e. The molecular formula is C15H13NO5. The summed E-state index contributed by atoms with van der Waals surface area (Å²) in [5.74, 6) is -2.76. The van der Waals surface area contributed by atoms with Crippen molar-refractivity contribution in [2.24, 2.45) is 0 Å². The number of aromatic hydroxyl groups is 2. The van der Waals surface area contributed by atoms with Gasteiger partial charge in [-0.1, -0.05) is 18.2 Å². The Balaban J connectivity index is 2.44. The highest BCUT2D eigenvalue weighted by Crippen LogP contribution is 2.28. The zero-order valence-corrected chi connectivity index (χ0v) is 11.1. The number of carboxylic acids is 1. The highest BCUT2D eigenvalue weighted by Gasteiger charge is 2.20. The standard InChI is InChI=1S/C15H13NO5/c1-8-4-2-5-9(15(20)21)13(8)16-14(19)12-10(17)6-3-7-11(12)18/h2-7,17-18H,1H3,(H,16,19)(H,20,21). The molecule has 4 N–H and O–H groups in total. The summed E-state index contributed by atoms with van der Waals surface area (Å²) in [5, 5.41) is 30.9. The maximum absolute atomic E-state index is 12.2. The summed E-state index contributed by atoms with van der Waals surface area (Å²) >= 11 is 0. The van der Waals surface area contributed by atoms with Crippen LogP contribution in [0.4, 0.5) is 5.69 Å². The van der Waals surface area contributed by atoms with E-state index < -0.39 is 23.4 Å². The molecule has 0 saturated carbocycles. The lowest BCUT2D eigenvalue weighted by Gasteiger charge is -2.12. The monoisotopic (exact) mass is 287 g/mol. The minimum atomic E-state index is -1.18. The Labute approximate surface area is 120 Å². The van der Waals surface area contributed by atoms with E-state index in [1.165, 1.54) is 24.3 Å². The first-order valence-corrected chi connectivity index (χ1v) is 6.07. The molecule has 0 aliphatic rings. The van der Waals surface area contributed by atoms with Crippen LogP contribution in [-0.2, 0) is 0 Å². The molecule has 0 spiro atoms. The van der Waals surface area contributed by atoms with E-state index in [1.54, 1.807) is 19.1 Å². The van der Waals surface area contributed by atoms with Gasteiger partial charge in [0.25, 0.3) is 5.91 Å².